The number of likely N-dealkylation sites (N-methyl/N-ethyl adjacent to an activating group) is 1. The van der Waals surface area contributed by atoms with Gasteiger partial charge in [0, 0.05) is 24.2 Å². The van der Waals surface area contributed by atoms with E-state index >= 15 is 0 Å². The number of aromatic nitrogens is 1. The van der Waals surface area contributed by atoms with E-state index in [0.29, 0.717) is 17.9 Å². The van der Waals surface area contributed by atoms with Crippen LogP contribution in [0.15, 0.2) is 53.1 Å². The lowest BCUT2D eigenvalue weighted by Crippen LogP contribution is -2.34. The van der Waals surface area contributed by atoms with Crippen molar-refractivity contribution in [1.29, 1.82) is 0 Å². The quantitative estimate of drug-likeness (QED) is 0.716. The number of amides is 1. The van der Waals surface area contributed by atoms with E-state index in [2.05, 4.69) is 29.2 Å². The smallest absolute Gasteiger partial charge is 0.251 e. The van der Waals surface area contributed by atoms with Gasteiger partial charge in [0.25, 0.3) is 5.91 Å². The first-order valence-electron chi connectivity index (χ1n) is 8.68. The molecule has 1 N–H and O–H groups in total. The van der Waals surface area contributed by atoms with Crippen LogP contribution in [0.3, 0.4) is 0 Å². The topological polar surface area (TPSA) is 58.4 Å². The van der Waals surface area contributed by atoms with Crippen LogP contribution in [0.1, 0.15) is 24.2 Å². The Balaban J connectivity index is 1.77. The third kappa shape index (κ3) is 3.88. The third-order valence-corrected chi connectivity index (χ3v) is 4.38. The summed E-state index contributed by atoms with van der Waals surface area (Å²) < 4.78 is 5.49. The lowest BCUT2D eigenvalue weighted by atomic mass is 10.1. The van der Waals surface area contributed by atoms with Crippen LogP contribution in [0.25, 0.3) is 22.2 Å². The SMILES string of the molecule is CCN(CC)CCNC(=O)c1ccc2noc(-c3ccccc3)c2c1. The second kappa shape index (κ2) is 7.94. The van der Waals surface area contributed by atoms with Gasteiger partial charge in [0.15, 0.2) is 5.76 Å². The van der Waals surface area contributed by atoms with Crippen molar-refractivity contribution < 1.29 is 9.32 Å². The van der Waals surface area contributed by atoms with E-state index in [4.69, 9.17) is 4.52 Å². The average molecular weight is 337 g/mol. The van der Waals surface area contributed by atoms with E-state index in [1.54, 1.807) is 6.07 Å². The summed E-state index contributed by atoms with van der Waals surface area (Å²) in [6, 6.07) is 15.3. The number of nitrogens with zero attached hydrogens (tertiary/aromatic N) is 2. The van der Waals surface area contributed by atoms with Crippen LogP contribution < -0.4 is 5.32 Å². The molecule has 0 fully saturated rings. The van der Waals surface area contributed by atoms with Gasteiger partial charge in [-0.05, 0) is 31.3 Å². The van der Waals surface area contributed by atoms with E-state index in [1.165, 1.54) is 0 Å². The molecule has 3 aromatic rings. The number of carbonyl (C=O) groups is 1. The number of nitrogens with one attached hydrogen (secondary N) is 1. The summed E-state index contributed by atoms with van der Waals surface area (Å²) in [6.45, 7) is 7.70. The van der Waals surface area contributed by atoms with Gasteiger partial charge in [0.05, 0.1) is 5.39 Å². The molecule has 0 aliphatic heterocycles. The van der Waals surface area contributed by atoms with E-state index in [1.807, 2.05) is 42.5 Å². The van der Waals surface area contributed by atoms with Crippen LogP contribution in [0, 0.1) is 0 Å². The number of carbonyl (C=O) groups excluding carboxylic acids is 1. The molecule has 25 heavy (non-hydrogen) atoms. The van der Waals surface area contributed by atoms with Crippen molar-refractivity contribution in [3.63, 3.8) is 0 Å². The van der Waals surface area contributed by atoms with Crippen LogP contribution in [-0.2, 0) is 0 Å². The molecule has 1 amide bonds. The zero-order chi connectivity index (χ0) is 17.6. The predicted molar refractivity (Wildman–Crippen MR) is 99.6 cm³/mol. The highest BCUT2D eigenvalue weighted by Gasteiger charge is 2.14. The van der Waals surface area contributed by atoms with E-state index in [0.717, 1.165) is 36.1 Å². The molecule has 1 heterocycles. The van der Waals surface area contributed by atoms with Crippen LogP contribution in [0.2, 0.25) is 0 Å². The minimum absolute atomic E-state index is 0.0748. The highest BCUT2D eigenvalue weighted by Crippen LogP contribution is 2.29. The minimum Gasteiger partial charge on any atom is -0.355 e. The Labute approximate surface area is 147 Å². The lowest BCUT2D eigenvalue weighted by molar-refractivity contribution is 0.0949. The molecule has 0 atom stereocenters. The highest BCUT2D eigenvalue weighted by atomic mass is 16.5. The molecule has 0 aliphatic rings. The maximum Gasteiger partial charge on any atom is 0.251 e. The number of benzene rings is 2. The maximum atomic E-state index is 12.4. The molecule has 1 aromatic heterocycles. The first kappa shape index (κ1) is 17.2. The van der Waals surface area contributed by atoms with Crippen molar-refractivity contribution >= 4 is 16.8 Å². The first-order valence-corrected chi connectivity index (χ1v) is 8.68. The molecule has 2 aromatic carbocycles. The number of rotatable bonds is 7. The Bertz CT molecular complexity index is 839. The molecule has 5 nitrogen and oxygen atoms in total. The molecule has 0 aliphatic carbocycles. The van der Waals surface area contributed by atoms with Gasteiger partial charge in [-0.2, -0.15) is 0 Å². The molecule has 0 bridgehead atoms. The summed E-state index contributed by atoms with van der Waals surface area (Å²) in [5.74, 6) is 0.614. The fourth-order valence-electron chi connectivity index (χ4n) is 2.85. The third-order valence-electron chi connectivity index (χ3n) is 4.38. The molecular formula is C20H23N3O2. The Morgan fingerprint density at radius 3 is 2.60 bits per heavy atom. The number of hydrogen-bond donors (Lipinski definition) is 1. The van der Waals surface area contributed by atoms with Gasteiger partial charge >= 0.3 is 0 Å². The number of fused-ring (bicyclic) bond motifs is 1. The van der Waals surface area contributed by atoms with Crippen LogP contribution in [-0.4, -0.2) is 42.1 Å². The van der Waals surface area contributed by atoms with E-state index in [-0.39, 0.29) is 5.91 Å². The Morgan fingerprint density at radius 1 is 1.12 bits per heavy atom. The highest BCUT2D eigenvalue weighted by molar-refractivity contribution is 6.00. The van der Waals surface area contributed by atoms with Gasteiger partial charge in [0.2, 0.25) is 0 Å². The summed E-state index contributed by atoms with van der Waals surface area (Å²) in [5.41, 5.74) is 2.31. The zero-order valence-corrected chi connectivity index (χ0v) is 14.7. The van der Waals surface area contributed by atoms with Crippen LogP contribution in [0.5, 0.6) is 0 Å². The Hall–Kier alpha value is -2.66. The molecule has 0 unspecified atom stereocenters. The Kier molecular flexibility index (Phi) is 5.46. The van der Waals surface area contributed by atoms with E-state index in [9.17, 15) is 4.79 Å². The van der Waals surface area contributed by atoms with Crippen molar-refractivity contribution in [2.45, 2.75) is 13.8 Å². The normalized spacial score (nSPS) is 11.2. The van der Waals surface area contributed by atoms with Crippen molar-refractivity contribution in [3.05, 3.63) is 54.1 Å². The summed E-state index contributed by atoms with van der Waals surface area (Å²) >= 11 is 0. The van der Waals surface area contributed by atoms with Crippen molar-refractivity contribution in [3.8, 4) is 11.3 Å². The molecular weight excluding hydrogens is 314 g/mol. The van der Waals surface area contributed by atoms with Gasteiger partial charge < -0.3 is 14.7 Å². The van der Waals surface area contributed by atoms with Crippen molar-refractivity contribution in [2.24, 2.45) is 0 Å². The van der Waals surface area contributed by atoms with Gasteiger partial charge in [0.1, 0.15) is 5.52 Å². The standard InChI is InChI=1S/C20H23N3O2/c1-3-23(4-2)13-12-21-20(24)16-10-11-18-17(14-16)19(25-22-18)15-8-6-5-7-9-15/h5-11,14H,3-4,12-13H2,1-2H3,(H,21,24). The first-order chi connectivity index (χ1) is 12.2. The summed E-state index contributed by atoms with van der Waals surface area (Å²) in [7, 11) is 0. The second-order valence-corrected chi connectivity index (χ2v) is 5.89. The summed E-state index contributed by atoms with van der Waals surface area (Å²) in [5, 5.41) is 7.92. The largest absolute Gasteiger partial charge is 0.355 e. The minimum atomic E-state index is -0.0748. The number of hydrogen-bond acceptors (Lipinski definition) is 4. The molecule has 130 valence electrons. The van der Waals surface area contributed by atoms with Gasteiger partial charge in [-0.25, -0.2) is 0 Å². The second-order valence-electron chi connectivity index (χ2n) is 5.89. The van der Waals surface area contributed by atoms with Crippen LogP contribution >= 0.6 is 0 Å². The molecule has 0 saturated carbocycles. The van der Waals surface area contributed by atoms with E-state index < -0.39 is 0 Å². The predicted octanol–water partition coefficient (Wildman–Crippen LogP) is 3.57. The Morgan fingerprint density at radius 2 is 1.88 bits per heavy atom. The van der Waals surface area contributed by atoms with Crippen LogP contribution in [0.4, 0.5) is 0 Å². The summed E-state index contributed by atoms with van der Waals surface area (Å²) in [6.07, 6.45) is 0. The van der Waals surface area contributed by atoms with Crippen molar-refractivity contribution in [2.75, 3.05) is 26.2 Å². The fourth-order valence-corrected chi connectivity index (χ4v) is 2.85. The van der Waals surface area contributed by atoms with Gasteiger partial charge in [-0.1, -0.05) is 49.3 Å². The molecule has 3 rings (SSSR count). The molecule has 5 heteroatoms. The summed E-state index contributed by atoms with van der Waals surface area (Å²) in [4.78, 5) is 14.7. The van der Waals surface area contributed by atoms with Gasteiger partial charge in [-0.3, -0.25) is 4.79 Å². The maximum absolute atomic E-state index is 12.4. The molecule has 0 spiro atoms. The molecule has 0 saturated heterocycles. The average Bonchev–Trinajstić information content (AvgIpc) is 3.09. The fraction of sp³-hybridized carbons (Fsp3) is 0.300. The monoisotopic (exact) mass is 337 g/mol. The van der Waals surface area contributed by atoms with Crippen molar-refractivity contribution in [1.82, 2.24) is 15.4 Å². The molecule has 0 radical (unpaired) electrons. The zero-order valence-electron chi connectivity index (χ0n) is 14.7. The van der Waals surface area contributed by atoms with Gasteiger partial charge in [-0.15, -0.1) is 0 Å². The lowest BCUT2D eigenvalue weighted by Gasteiger charge is -2.17.